The molecule has 0 saturated carbocycles. The number of rotatable bonds is 6. The molecule has 1 N–H and O–H groups in total. The molecule has 0 aliphatic rings. The molecule has 21 heavy (non-hydrogen) atoms. The van der Waals surface area contributed by atoms with Gasteiger partial charge in [-0.05, 0) is 30.7 Å². The van der Waals surface area contributed by atoms with E-state index in [1.165, 1.54) is 18.2 Å². The number of nitrogens with one attached hydrogen (secondary N) is 1. The van der Waals surface area contributed by atoms with Gasteiger partial charge in [-0.25, -0.2) is 17.5 Å². The van der Waals surface area contributed by atoms with E-state index in [-0.39, 0.29) is 23.8 Å². The average molecular weight is 309 g/mol. The molecule has 0 fully saturated rings. The molecule has 0 saturated heterocycles. The van der Waals surface area contributed by atoms with Crippen LogP contribution in [0.3, 0.4) is 0 Å². The Balaban J connectivity index is 1.92. The highest BCUT2D eigenvalue weighted by Crippen LogP contribution is 2.15. The maximum Gasteiger partial charge on any atom is 0.240 e. The molecule has 2 aromatic carbocycles. The summed E-state index contributed by atoms with van der Waals surface area (Å²) in [6, 6.07) is 12.7. The lowest BCUT2D eigenvalue weighted by molar-refractivity contribution is 0.306. The number of benzene rings is 2. The van der Waals surface area contributed by atoms with E-state index in [0.29, 0.717) is 5.56 Å². The fourth-order valence-corrected chi connectivity index (χ4v) is 3.09. The third-order valence-electron chi connectivity index (χ3n) is 2.87. The Morgan fingerprint density at radius 2 is 1.76 bits per heavy atom. The van der Waals surface area contributed by atoms with E-state index in [2.05, 4.69) is 4.72 Å². The van der Waals surface area contributed by atoms with Crippen molar-refractivity contribution in [3.63, 3.8) is 0 Å². The van der Waals surface area contributed by atoms with Crippen molar-refractivity contribution in [1.82, 2.24) is 4.72 Å². The first-order chi connectivity index (χ1) is 10.0. The Labute approximate surface area is 123 Å². The van der Waals surface area contributed by atoms with Crippen LogP contribution in [0.15, 0.2) is 53.4 Å². The zero-order valence-corrected chi connectivity index (χ0v) is 12.4. The van der Waals surface area contributed by atoms with Crippen molar-refractivity contribution < 1.29 is 17.5 Å². The predicted molar refractivity (Wildman–Crippen MR) is 78.3 cm³/mol. The molecule has 6 heteroatoms. The lowest BCUT2D eigenvalue weighted by Gasteiger charge is -2.10. The summed E-state index contributed by atoms with van der Waals surface area (Å²) in [5.41, 5.74) is 0.667. The van der Waals surface area contributed by atoms with Crippen LogP contribution >= 0.6 is 0 Å². The molecule has 0 heterocycles. The number of hydrogen-bond acceptors (Lipinski definition) is 3. The second kappa shape index (κ2) is 6.69. The summed E-state index contributed by atoms with van der Waals surface area (Å²) in [4.78, 5) is 0.232. The van der Waals surface area contributed by atoms with Crippen molar-refractivity contribution >= 4 is 10.0 Å². The minimum absolute atomic E-state index is 0.0477. The number of halogens is 1. The number of ether oxygens (including phenoxy) is 1. The van der Waals surface area contributed by atoms with Gasteiger partial charge in [0, 0.05) is 6.54 Å². The van der Waals surface area contributed by atoms with Gasteiger partial charge in [0.1, 0.15) is 6.61 Å². The minimum Gasteiger partial charge on any atom is -0.489 e. The molecular weight excluding hydrogens is 293 g/mol. The van der Waals surface area contributed by atoms with E-state index >= 15 is 0 Å². The first kappa shape index (κ1) is 15.5. The van der Waals surface area contributed by atoms with E-state index in [9.17, 15) is 12.8 Å². The Morgan fingerprint density at radius 3 is 2.48 bits per heavy atom. The van der Waals surface area contributed by atoms with Crippen LogP contribution in [0.25, 0.3) is 0 Å². The number of hydrogen-bond donors (Lipinski definition) is 1. The first-order valence-corrected chi connectivity index (χ1v) is 7.91. The number of para-hydroxylation sites is 1. The number of sulfonamides is 1. The van der Waals surface area contributed by atoms with E-state index < -0.39 is 15.8 Å². The fourth-order valence-electron chi connectivity index (χ4n) is 1.83. The topological polar surface area (TPSA) is 55.4 Å². The fraction of sp³-hybridized carbons (Fsp3) is 0.200. The molecular formula is C15H16FNO3S. The summed E-state index contributed by atoms with van der Waals surface area (Å²) in [6.07, 6.45) is 0. The molecule has 0 spiro atoms. The maximum atomic E-state index is 13.3. The van der Waals surface area contributed by atoms with Crippen LogP contribution < -0.4 is 9.46 Å². The molecule has 0 radical (unpaired) electrons. The Kier molecular flexibility index (Phi) is 4.93. The standard InChI is InChI=1S/C15H16FNO3S/c1-12-6-2-5-9-15(12)21(18,19)17-10-11-20-14-8-4-3-7-13(14)16/h2-9,17H,10-11H2,1H3. The van der Waals surface area contributed by atoms with Gasteiger partial charge >= 0.3 is 0 Å². The quantitative estimate of drug-likeness (QED) is 0.834. The van der Waals surface area contributed by atoms with Crippen molar-refractivity contribution in [3.8, 4) is 5.75 Å². The Morgan fingerprint density at radius 1 is 1.10 bits per heavy atom. The molecule has 4 nitrogen and oxygen atoms in total. The summed E-state index contributed by atoms with van der Waals surface area (Å²) in [5, 5.41) is 0. The lowest BCUT2D eigenvalue weighted by atomic mass is 10.2. The van der Waals surface area contributed by atoms with E-state index in [4.69, 9.17) is 4.74 Å². The van der Waals surface area contributed by atoms with Crippen molar-refractivity contribution in [2.24, 2.45) is 0 Å². The van der Waals surface area contributed by atoms with Crippen LogP contribution in [0.2, 0.25) is 0 Å². The van der Waals surface area contributed by atoms with Gasteiger partial charge in [0.25, 0.3) is 0 Å². The van der Waals surface area contributed by atoms with E-state index in [1.807, 2.05) is 0 Å². The zero-order chi connectivity index (χ0) is 15.3. The summed E-state index contributed by atoms with van der Waals surface area (Å²) in [6.45, 7) is 1.83. The van der Waals surface area contributed by atoms with Crippen molar-refractivity contribution in [3.05, 3.63) is 59.9 Å². The molecule has 0 unspecified atom stereocenters. The van der Waals surface area contributed by atoms with Crippen molar-refractivity contribution in [1.29, 1.82) is 0 Å². The average Bonchev–Trinajstić information content (AvgIpc) is 2.45. The highest BCUT2D eigenvalue weighted by molar-refractivity contribution is 7.89. The third kappa shape index (κ3) is 4.03. The predicted octanol–water partition coefficient (Wildman–Crippen LogP) is 2.49. The monoisotopic (exact) mass is 309 g/mol. The molecule has 0 aliphatic heterocycles. The van der Waals surface area contributed by atoms with E-state index in [1.54, 1.807) is 37.3 Å². The second-order valence-corrected chi connectivity index (χ2v) is 6.18. The molecule has 0 amide bonds. The van der Waals surface area contributed by atoms with Gasteiger partial charge in [-0.15, -0.1) is 0 Å². The van der Waals surface area contributed by atoms with Gasteiger partial charge in [-0.1, -0.05) is 30.3 Å². The zero-order valence-electron chi connectivity index (χ0n) is 11.5. The highest BCUT2D eigenvalue weighted by atomic mass is 32.2. The van der Waals surface area contributed by atoms with Crippen LogP contribution in [0.1, 0.15) is 5.56 Å². The van der Waals surface area contributed by atoms with Gasteiger partial charge in [0.15, 0.2) is 11.6 Å². The molecule has 0 bridgehead atoms. The summed E-state index contributed by atoms with van der Waals surface area (Å²) in [7, 11) is -3.58. The van der Waals surface area contributed by atoms with Crippen LogP contribution in [-0.2, 0) is 10.0 Å². The summed E-state index contributed by atoms with van der Waals surface area (Å²) >= 11 is 0. The SMILES string of the molecule is Cc1ccccc1S(=O)(=O)NCCOc1ccccc1F. The van der Waals surface area contributed by atoms with Gasteiger partial charge in [-0.2, -0.15) is 0 Å². The lowest BCUT2D eigenvalue weighted by Crippen LogP contribution is -2.28. The minimum atomic E-state index is -3.58. The molecule has 0 atom stereocenters. The van der Waals surface area contributed by atoms with Crippen LogP contribution in [0, 0.1) is 12.7 Å². The van der Waals surface area contributed by atoms with Gasteiger partial charge < -0.3 is 4.74 Å². The largest absolute Gasteiger partial charge is 0.489 e. The number of aryl methyl sites for hydroxylation is 1. The summed E-state index contributed by atoms with van der Waals surface area (Å²) < 4.78 is 45.1. The van der Waals surface area contributed by atoms with Crippen molar-refractivity contribution in [2.75, 3.05) is 13.2 Å². The molecule has 0 aromatic heterocycles. The van der Waals surface area contributed by atoms with Gasteiger partial charge in [0.05, 0.1) is 4.90 Å². The van der Waals surface area contributed by atoms with Crippen LogP contribution in [0.4, 0.5) is 4.39 Å². The maximum absolute atomic E-state index is 13.3. The molecule has 0 aliphatic carbocycles. The molecule has 112 valence electrons. The Bertz CT molecular complexity index is 716. The molecule has 2 rings (SSSR count). The first-order valence-electron chi connectivity index (χ1n) is 6.43. The van der Waals surface area contributed by atoms with Crippen molar-refractivity contribution in [2.45, 2.75) is 11.8 Å². The smallest absolute Gasteiger partial charge is 0.240 e. The van der Waals surface area contributed by atoms with Gasteiger partial charge in [0.2, 0.25) is 10.0 Å². The highest BCUT2D eigenvalue weighted by Gasteiger charge is 2.15. The molecule has 2 aromatic rings. The van der Waals surface area contributed by atoms with Crippen LogP contribution in [0.5, 0.6) is 5.75 Å². The van der Waals surface area contributed by atoms with E-state index in [0.717, 1.165) is 0 Å². The third-order valence-corrected chi connectivity index (χ3v) is 4.49. The summed E-state index contributed by atoms with van der Waals surface area (Å²) in [5.74, 6) is -0.369. The Hall–Kier alpha value is -1.92. The normalized spacial score (nSPS) is 11.3. The van der Waals surface area contributed by atoms with Gasteiger partial charge in [-0.3, -0.25) is 0 Å². The van der Waals surface area contributed by atoms with Crippen LogP contribution in [-0.4, -0.2) is 21.6 Å². The second-order valence-electron chi connectivity index (χ2n) is 4.44.